The topological polar surface area (TPSA) is 30.0 Å². The summed E-state index contributed by atoms with van der Waals surface area (Å²) in [5, 5.41) is 0.838. The molecule has 0 aliphatic carbocycles. The molecule has 0 radical (unpaired) electrons. The quantitative estimate of drug-likeness (QED) is 0.624. The van der Waals surface area contributed by atoms with Crippen molar-refractivity contribution in [1.82, 2.24) is 3.98 Å². The number of aryl methyl sites for hydroxylation is 1. The van der Waals surface area contributed by atoms with Gasteiger partial charge in [0.1, 0.15) is 0 Å². The van der Waals surface area contributed by atoms with E-state index in [0.717, 1.165) is 9.65 Å². The van der Waals surface area contributed by atoms with E-state index in [2.05, 4.69) is 3.98 Å². The minimum atomic E-state index is 0.0822. The fourth-order valence-corrected chi connectivity index (χ4v) is 2.59. The summed E-state index contributed by atoms with van der Waals surface area (Å²) in [5.41, 5.74) is 0.729. The van der Waals surface area contributed by atoms with Gasteiger partial charge >= 0.3 is 75.5 Å². The first-order valence-corrected chi connectivity index (χ1v) is 5.26. The first-order chi connectivity index (χ1) is 5.79. The van der Waals surface area contributed by atoms with Gasteiger partial charge in [-0.05, 0) is 0 Å². The van der Waals surface area contributed by atoms with Crippen LogP contribution >= 0.6 is 0 Å². The predicted octanol–water partition coefficient (Wildman–Crippen LogP) is 0.960. The Morgan fingerprint density at radius 1 is 1.33 bits per heavy atom. The maximum atomic E-state index is 11.5. The summed E-state index contributed by atoms with van der Waals surface area (Å²) in [4.78, 5) is 11.5. The Morgan fingerprint density at radius 3 is 2.92 bits per heavy atom. The SMILES string of the molecule is Cc1n[se]c2ccccc2c1=O. The number of hydrogen-bond donors (Lipinski definition) is 0. The Bertz CT molecular complexity index is 475. The van der Waals surface area contributed by atoms with Gasteiger partial charge in [-0.3, -0.25) is 0 Å². The van der Waals surface area contributed by atoms with Crippen molar-refractivity contribution in [2.24, 2.45) is 0 Å². The van der Waals surface area contributed by atoms with Gasteiger partial charge in [0, 0.05) is 0 Å². The number of rotatable bonds is 0. The normalized spacial score (nSPS) is 10.4. The third kappa shape index (κ3) is 1.11. The zero-order chi connectivity index (χ0) is 8.55. The molecule has 0 saturated heterocycles. The van der Waals surface area contributed by atoms with Gasteiger partial charge in [-0.25, -0.2) is 0 Å². The number of aromatic nitrogens is 1. The molecule has 1 heterocycles. The Hall–Kier alpha value is -0.921. The van der Waals surface area contributed by atoms with Crippen LogP contribution in [0.3, 0.4) is 0 Å². The maximum absolute atomic E-state index is 11.5. The van der Waals surface area contributed by atoms with Crippen LogP contribution in [0.1, 0.15) is 5.69 Å². The van der Waals surface area contributed by atoms with E-state index < -0.39 is 0 Å². The molecule has 1 aromatic carbocycles. The molecule has 0 bridgehead atoms. The fraction of sp³-hybridized carbons (Fsp3) is 0.111. The zero-order valence-corrected chi connectivity index (χ0v) is 8.29. The molecule has 0 fully saturated rings. The summed E-state index contributed by atoms with van der Waals surface area (Å²) in [7, 11) is 0. The van der Waals surface area contributed by atoms with Crippen molar-refractivity contribution < 1.29 is 0 Å². The van der Waals surface area contributed by atoms with Crippen LogP contribution in [-0.4, -0.2) is 18.7 Å². The molecule has 0 spiro atoms. The van der Waals surface area contributed by atoms with Crippen LogP contribution in [0.4, 0.5) is 0 Å². The average molecular weight is 224 g/mol. The third-order valence-electron chi connectivity index (χ3n) is 1.74. The third-order valence-corrected chi connectivity index (χ3v) is 3.67. The molecule has 0 N–H and O–H groups in total. The van der Waals surface area contributed by atoms with Crippen molar-refractivity contribution in [2.75, 3.05) is 0 Å². The van der Waals surface area contributed by atoms with Crippen LogP contribution < -0.4 is 5.43 Å². The van der Waals surface area contributed by atoms with Crippen LogP contribution in [0.15, 0.2) is 29.1 Å². The number of benzene rings is 1. The molecule has 3 heteroatoms. The minimum absolute atomic E-state index is 0.0822. The summed E-state index contributed by atoms with van der Waals surface area (Å²) >= 11 is 0.106. The van der Waals surface area contributed by atoms with Gasteiger partial charge in [0.15, 0.2) is 0 Å². The fourth-order valence-electron chi connectivity index (χ4n) is 1.09. The van der Waals surface area contributed by atoms with Crippen LogP contribution in [0, 0.1) is 6.92 Å². The molecular weight excluding hydrogens is 217 g/mol. The van der Waals surface area contributed by atoms with Crippen molar-refractivity contribution in [3.63, 3.8) is 0 Å². The van der Waals surface area contributed by atoms with Gasteiger partial charge in [0.2, 0.25) is 0 Å². The van der Waals surface area contributed by atoms with E-state index in [1.807, 2.05) is 24.3 Å². The molecule has 1 aromatic heterocycles. The summed E-state index contributed by atoms with van der Waals surface area (Å²) in [6.07, 6.45) is 0. The Labute approximate surface area is 75.8 Å². The van der Waals surface area contributed by atoms with E-state index in [1.54, 1.807) is 6.92 Å². The molecule has 2 aromatic rings. The van der Waals surface area contributed by atoms with Gasteiger partial charge in [-0.15, -0.1) is 0 Å². The van der Waals surface area contributed by atoms with Gasteiger partial charge in [-0.1, -0.05) is 0 Å². The van der Waals surface area contributed by atoms with Gasteiger partial charge in [-0.2, -0.15) is 0 Å². The van der Waals surface area contributed by atoms with E-state index in [9.17, 15) is 4.79 Å². The van der Waals surface area contributed by atoms with Crippen LogP contribution in [0.5, 0.6) is 0 Å². The second-order valence-corrected chi connectivity index (χ2v) is 4.28. The van der Waals surface area contributed by atoms with Crippen molar-refractivity contribution in [3.8, 4) is 0 Å². The predicted molar refractivity (Wildman–Crippen MR) is 49.7 cm³/mol. The molecular formula is C9H7NOSe. The zero-order valence-electron chi connectivity index (χ0n) is 6.57. The standard InChI is InChI=1S/C9H7NOSe/c1-6-9(11)7-4-2-3-5-8(7)12-10-6/h2-5H,1H3. The van der Waals surface area contributed by atoms with E-state index in [1.165, 1.54) is 0 Å². The molecule has 0 saturated carbocycles. The van der Waals surface area contributed by atoms with Gasteiger partial charge < -0.3 is 0 Å². The van der Waals surface area contributed by atoms with Gasteiger partial charge in [0.05, 0.1) is 0 Å². The van der Waals surface area contributed by atoms with Crippen molar-refractivity contribution in [2.45, 2.75) is 6.92 Å². The van der Waals surface area contributed by atoms with E-state index >= 15 is 0 Å². The molecule has 0 unspecified atom stereocenters. The van der Waals surface area contributed by atoms with Gasteiger partial charge in [0.25, 0.3) is 0 Å². The number of hydrogen-bond acceptors (Lipinski definition) is 2. The Kier molecular flexibility index (Phi) is 1.83. The summed E-state index contributed by atoms with van der Waals surface area (Å²) in [6, 6.07) is 7.69. The Balaban J connectivity index is 3.01. The van der Waals surface area contributed by atoms with E-state index in [4.69, 9.17) is 0 Å². The molecule has 0 aliphatic rings. The van der Waals surface area contributed by atoms with E-state index in [-0.39, 0.29) is 20.2 Å². The molecule has 0 aliphatic heterocycles. The molecule has 12 heavy (non-hydrogen) atoms. The summed E-state index contributed by atoms with van der Waals surface area (Å²) in [5.74, 6) is 0. The number of fused-ring (bicyclic) bond motifs is 1. The second kappa shape index (κ2) is 2.85. The van der Waals surface area contributed by atoms with E-state index in [0.29, 0.717) is 5.69 Å². The molecule has 2 nitrogen and oxygen atoms in total. The summed E-state index contributed by atoms with van der Waals surface area (Å²) in [6.45, 7) is 1.78. The van der Waals surface area contributed by atoms with Crippen molar-refractivity contribution >= 4 is 24.4 Å². The molecule has 0 atom stereocenters. The summed E-state index contributed by atoms with van der Waals surface area (Å²) < 4.78 is 5.28. The monoisotopic (exact) mass is 225 g/mol. The van der Waals surface area contributed by atoms with Crippen molar-refractivity contribution in [3.05, 3.63) is 40.2 Å². The molecule has 2 rings (SSSR count). The van der Waals surface area contributed by atoms with Crippen LogP contribution in [0.25, 0.3) is 9.65 Å². The van der Waals surface area contributed by atoms with Crippen LogP contribution in [-0.2, 0) is 0 Å². The first-order valence-electron chi connectivity index (χ1n) is 3.64. The van der Waals surface area contributed by atoms with Crippen molar-refractivity contribution in [1.29, 1.82) is 0 Å². The number of nitrogens with zero attached hydrogens (tertiary/aromatic N) is 1. The van der Waals surface area contributed by atoms with Crippen LogP contribution in [0.2, 0.25) is 0 Å². The second-order valence-electron chi connectivity index (χ2n) is 2.59. The first kappa shape index (κ1) is 7.71. The Morgan fingerprint density at radius 2 is 2.08 bits per heavy atom. The average Bonchev–Trinajstić information content (AvgIpc) is 2.12. The molecule has 0 amide bonds. The molecule has 60 valence electrons.